The molecule has 1 aliphatic carbocycles. The summed E-state index contributed by atoms with van der Waals surface area (Å²) in [5.41, 5.74) is 11.3. The summed E-state index contributed by atoms with van der Waals surface area (Å²) in [6.45, 7) is 4.46. The van der Waals surface area contributed by atoms with Gasteiger partial charge in [0.1, 0.15) is 11.2 Å². The van der Waals surface area contributed by atoms with E-state index in [-0.39, 0.29) is 58.1 Å². The van der Waals surface area contributed by atoms with E-state index in [0.717, 1.165) is 83.5 Å². The van der Waals surface area contributed by atoms with Crippen LogP contribution < -0.4 is 4.90 Å². The van der Waals surface area contributed by atoms with Crippen molar-refractivity contribution in [1.82, 2.24) is 0 Å². The highest BCUT2D eigenvalue weighted by Crippen LogP contribution is 2.56. The summed E-state index contributed by atoms with van der Waals surface area (Å²) in [5, 5.41) is 2.72. The molecule has 2 heterocycles. The quantitative estimate of drug-likeness (QED) is 0.176. The molecule has 0 bridgehead atoms. The van der Waals surface area contributed by atoms with E-state index in [2.05, 4.69) is 62.4 Å². The Morgan fingerprint density at radius 1 is 0.537 bits per heavy atom. The summed E-state index contributed by atoms with van der Waals surface area (Å²) in [6, 6.07) is 43.4. The lowest BCUT2D eigenvalue weighted by molar-refractivity contribution is 0.660. The molecule has 3 heteroatoms. The smallest absolute Gasteiger partial charge is 0.136 e. The van der Waals surface area contributed by atoms with Gasteiger partial charge in [0.05, 0.1) is 21.0 Å². The molecule has 0 N–H and O–H groups in total. The van der Waals surface area contributed by atoms with Crippen LogP contribution in [0.5, 0.6) is 0 Å². The van der Waals surface area contributed by atoms with Crippen LogP contribution >= 0.6 is 11.3 Å². The van der Waals surface area contributed by atoms with Crippen molar-refractivity contribution in [2.24, 2.45) is 0 Å². The number of benzene rings is 8. The standard InChI is InChI=1S/C51H35NOS/c1-51(2)40-18-11-19-42(49(40)37-30-27-34(31-41(37)51)36-17-10-22-45-48(36)38-15-6-8-21-44(38)53-45)52(35-28-25-33(26-29-35)32-13-4-3-5-14-32)43-20-12-24-47-50(43)39-16-7-9-23-46(39)54-47/h3-31H,1-2H3/i7D,9D,12D,16D,20D,23D,24D. The van der Waals surface area contributed by atoms with Crippen molar-refractivity contribution in [2.75, 3.05) is 4.90 Å². The van der Waals surface area contributed by atoms with Gasteiger partial charge < -0.3 is 9.32 Å². The fraction of sp³-hybridized carbons (Fsp3) is 0.0588. The second-order valence-corrected chi connectivity index (χ2v) is 15.4. The zero-order valence-electron chi connectivity index (χ0n) is 36.5. The zero-order chi connectivity index (χ0) is 42.1. The Labute approximate surface area is 328 Å². The van der Waals surface area contributed by atoms with E-state index >= 15 is 0 Å². The van der Waals surface area contributed by atoms with Crippen LogP contribution in [0.25, 0.3) is 75.5 Å². The van der Waals surface area contributed by atoms with E-state index in [1.807, 2.05) is 89.8 Å². The number of thiophene rings is 1. The lowest BCUT2D eigenvalue weighted by atomic mass is 9.81. The molecule has 11 rings (SSSR count). The van der Waals surface area contributed by atoms with Gasteiger partial charge in [-0.15, -0.1) is 11.3 Å². The fourth-order valence-electron chi connectivity index (χ4n) is 8.47. The van der Waals surface area contributed by atoms with Crippen LogP contribution in [0.1, 0.15) is 34.6 Å². The molecule has 0 saturated carbocycles. The molecule has 0 radical (unpaired) electrons. The van der Waals surface area contributed by atoms with Gasteiger partial charge in [-0.3, -0.25) is 0 Å². The van der Waals surface area contributed by atoms with E-state index in [1.165, 1.54) is 0 Å². The van der Waals surface area contributed by atoms with E-state index in [0.29, 0.717) is 15.8 Å². The molecule has 10 aromatic rings. The van der Waals surface area contributed by atoms with Crippen molar-refractivity contribution in [3.05, 3.63) is 187 Å². The summed E-state index contributed by atoms with van der Waals surface area (Å²) in [4.78, 5) is 1.97. The van der Waals surface area contributed by atoms with Gasteiger partial charge in [-0.1, -0.05) is 135 Å². The SMILES string of the molecule is [2H]c1c([2H])c([2H])c2c(sc3c([2H])c([2H])c([2H])c(N(c4ccc(-c5ccccc5)cc4)c4cccc5c4-c4ccc(-c6cccc7oc8ccccc8c67)cc4C5(C)C)c32)c1[2H]. The highest BCUT2D eigenvalue weighted by molar-refractivity contribution is 7.26. The number of para-hydroxylation sites is 1. The molecule has 0 atom stereocenters. The Bertz CT molecular complexity index is 3480. The first-order valence-electron chi connectivity index (χ1n) is 21.5. The second kappa shape index (κ2) is 11.8. The molecule has 0 aliphatic heterocycles. The number of rotatable bonds is 5. The predicted octanol–water partition coefficient (Wildman–Crippen LogP) is 15.1. The van der Waals surface area contributed by atoms with Gasteiger partial charge >= 0.3 is 0 Å². The highest BCUT2D eigenvalue weighted by Gasteiger charge is 2.38. The third-order valence-corrected chi connectivity index (χ3v) is 12.0. The third kappa shape index (κ3) is 4.58. The molecular formula is C51H35NOS. The van der Waals surface area contributed by atoms with E-state index < -0.39 is 5.41 Å². The number of fused-ring (bicyclic) bond motifs is 9. The van der Waals surface area contributed by atoms with Crippen LogP contribution in [-0.4, -0.2) is 0 Å². The van der Waals surface area contributed by atoms with Gasteiger partial charge in [-0.2, -0.15) is 0 Å². The van der Waals surface area contributed by atoms with Gasteiger partial charge in [0.15, 0.2) is 0 Å². The number of anilines is 3. The van der Waals surface area contributed by atoms with Crippen molar-refractivity contribution in [2.45, 2.75) is 19.3 Å². The van der Waals surface area contributed by atoms with E-state index in [9.17, 15) is 1.37 Å². The van der Waals surface area contributed by atoms with Crippen LogP contribution in [0, 0.1) is 0 Å². The number of nitrogens with zero attached hydrogens (tertiary/aromatic N) is 1. The summed E-state index contributed by atoms with van der Waals surface area (Å²) in [5.74, 6) is 0. The maximum Gasteiger partial charge on any atom is 0.136 e. The monoisotopic (exact) mass is 716 g/mol. The number of hydrogen-bond donors (Lipinski definition) is 0. The minimum absolute atomic E-state index is 0.182. The van der Waals surface area contributed by atoms with Crippen molar-refractivity contribution in [3.8, 4) is 33.4 Å². The van der Waals surface area contributed by atoms with Gasteiger partial charge in [0.25, 0.3) is 0 Å². The van der Waals surface area contributed by atoms with Crippen molar-refractivity contribution >= 4 is 70.5 Å². The average Bonchev–Trinajstić information content (AvgIpc) is 3.94. The van der Waals surface area contributed by atoms with Gasteiger partial charge in [-0.05, 0) is 93.5 Å². The molecule has 2 aromatic heterocycles. The normalized spacial score (nSPS) is 15.0. The summed E-state index contributed by atoms with van der Waals surface area (Å²) in [6.07, 6.45) is 0. The molecular weight excluding hydrogens is 675 g/mol. The summed E-state index contributed by atoms with van der Waals surface area (Å²) < 4.78 is 70.0. The largest absolute Gasteiger partial charge is 0.456 e. The van der Waals surface area contributed by atoms with Crippen LogP contribution in [0.15, 0.2) is 180 Å². The molecule has 256 valence electrons. The third-order valence-electron chi connectivity index (χ3n) is 11.0. The Morgan fingerprint density at radius 3 is 2.17 bits per heavy atom. The van der Waals surface area contributed by atoms with Gasteiger partial charge in [-0.25, -0.2) is 0 Å². The summed E-state index contributed by atoms with van der Waals surface area (Å²) in [7, 11) is 0. The Balaban J connectivity index is 1.20. The van der Waals surface area contributed by atoms with Crippen LogP contribution in [0.4, 0.5) is 17.1 Å². The first kappa shape index (κ1) is 24.8. The lowest BCUT2D eigenvalue weighted by Crippen LogP contribution is -2.16. The van der Waals surface area contributed by atoms with E-state index in [4.69, 9.17) is 12.6 Å². The minimum atomic E-state index is -0.454. The topological polar surface area (TPSA) is 16.4 Å². The minimum Gasteiger partial charge on any atom is -0.456 e. The highest BCUT2D eigenvalue weighted by atomic mass is 32.1. The van der Waals surface area contributed by atoms with Crippen molar-refractivity contribution < 1.29 is 14.0 Å². The molecule has 1 aliphatic rings. The first-order chi connectivity index (χ1) is 29.5. The van der Waals surface area contributed by atoms with Crippen molar-refractivity contribution in [3.63, 3.8) is 0 Å². The fourth-order valence-corrected chi connectivity index (χ4v) is 9.44. The zero-order valence-corrected chi connectivity index (χ0v) is 30.3. The first-order valence-corrected chi connectivity index (χ1v) is 18.8. The molecule has 0 saturated heterocycles. The molecule has 0 fully saturated rings. The van der Waals surface area contributed by atoms with Gasteiger partial charge in [0, 0.05) is 47.6 Å². The summed E-state index contributed by atoms with van der Waals surface area (Å²) >= 11 is 1.08. The van der Waals surface area contributed by atoms with Gasteiger partial charge in [0.2, 0.25) is 0 Å². The molecule has 8 aromatic carbocycles. The van der Waals surface area contributed by atoms with Crippen molar-refractivity contribution in [1.29, 1.82) is 0 Å². The maximum absolute atomic E-state index is 9.67. The molecule has 0 amide bonds. The Kier molecular flexibility index (Phi) is 5.41. The number of furan rings is 1. The molecule has 54 heavy (non-hydrogen) atoms. The molecule has 2 nitrogen and oxygen atoms in total. The van der Waals surface area contributed by atoms with Crippen LogP contribution in [0.2, 0.25) is 0 Å². The average molecular weight is 717 g/mol. The predicted molar refractivity (Wildman–Crippen MR) is 230 cm³/mol. The maximum atomic E-state index is 9.67. The Hall–Kier alpha value is -6.42. The van der Waals surface area contributed by atoms with Crippen LogP contribution in [-0.2, 0) is 5.41 Å². The molecule has 0 spiro atoms. The number of hydrogen-bond acceptors (Lipinski definition) is 3. The van der Waals surface area contributed by atoms with E-state index in [1.54, 1.807) is 0 Å². The lowest BCUT2D eigenvalue weighted by Gasteiger charge is -2.29. The Morgan fingerprint density at radius 2 is 1.28 bits per heavy atom. The van der Waals surface area contributed by atoms with Crippen LogP contribution in [0.3, 0.4) is 0 Å². The molecule has 0 unspecified atom stereocenters. The second-order valence-electron chi connectivity index (χ2n) is 14.3.